The van der Waals surface area contributed by atoms with Gasteiger partial charge in [0.25, 0.3) is 0 Å². The number of likely N-dealkylation sites (tertiary alicyclic amines) is 1. The van der Waals surface area contributed by atoms with Crippen LogP contribution in [0.1, 0.15) is 24.8 Å². The van der Waals surface area contributed by atoms with Crippen molar-refractivity contribution in [1.29, 1.82) is 0 Å². The molecule has 1 aromatic carbocycles. The highest BCUT2D eigenvalue weighted by Crippen LogP contribution is 2.24. The largest absolute Gasteiger partial charge is 0.391 e. The van der Waals surface area contributed by atoms with E-state index in [1.807, 2.05) is 6.07 Å². The zero-order chi connectivity index (χ0) is 15.4. The molecule has 1 N–H and O–H groups in total. The van der Waals surface area contributed by atoms with Gasteiger partial charge in [0.2, 0.25) is 5.91 Å². The van der Waals surface area contributed by atoms with Crippen LogP contribution in [0.25, 0.3) is 0 Å². The number of aliphatic imine (C=N–C) groups is 1. The molecule has 1 aliphatic rings. The molecule has 1 aromatic rings. The van der Waals surface area contributed by atoms with E-state index >= 15 is 0 Å². The van der Waals surface area contributed by atoms with Crippen LogP contribution in [0.4, 0.5) is 0 Å². The van der Waals surface area contributed by atoms with Crippen LogP contribution < -0.4 is 0 Å². The molecule has 0 aliphatic carbocycles. The van der Waals surface area contributed by atoms with Gasteiger partial charge in [-0.3, -0.25) is 9.79 Å². The molecule has 1 amide bonds. The highest BCUT2D eigenvalue weighted by Gasteiger charge is 2.24. The molecular formula is C15H18Cl2N2O2. The number of benzene rings is 1. The van der Waals surface area contributed by atoms with E-state index in [1.54, 1.807) is 24.1 Å². The number of carbonyl (C=O) groups excluding carboxylic acids is 1. The first-order chi connectivity index (χ1) is 10.0. The van der Waals surface area contributed by atoms with Gasteiger partial charge in [-0.15, -0.1) is 0 Å². The van der Waals surface area contributed by atoms with Crippen molar-refractivity contribution < 1.29 is 9.90 Å². The van der Waals surface area contributed by atoms with E-state index in [2.05, 4.69) is 4.99 Å². The summed E-state index contributed by atoms with van der Waals surface area (Å²) in [6.45, 7) is 1.07. The molecule has 1 fully saturated rings. The Morgan fingerprint density at radius 1 is 1.38 bits per heavy atom. The number of hydrogen-bond acceptors (Lipinski definition) is 3. The van der Waals surface area contributed by atoms with Gasteiger partial charge in [-0.05, 0) is 30.5 Å². The summed E-state index contributed by atoms with van der Waals surface area (Å²) in [5.41, 5.74) is 1.70. The molecular weight excluding hydrogens is 311 g/mol. The summed E-state index contributed by atoms with van der Waals surface area (Å²) in [7, 11) is 1.70. The Hall–Kier alpha value is -1.10. The molecule has 1 unspecified atom stereocenters. The monoisotopic (exact) mass is 328 g/mol. The first-order valence-electron chi connectivity index (χ1n) is 6.88. The average Bonchev–Trinajstić information content (AvgIpc) is 2.89. The summed E-state index contributed by atoms with van der Waals surface area (Å²) >= 11 is 11.9. The summed E-state index contributed by atoms with van der Waals surface area (Å²) in [4.78, 5) is 18.0. The third kappa shape index (κ3) is 4.19. The number of halogens is 2. The van der Waals surface area contributed by atoms with E-state index in [-0.39, 0.29) is 12.0 Å². The highest BCUT2D eigenvalue weighted by molar-refractivity contribution is 6.42. The van der Waals surface area contributed by atoms with Gasteiger partial charge in [0, 0.05) is 32.3 Å². The van der Waals surface area contributed by atoms with Gasteiger partial charge in [-0.1, -0.05) is 29.3 Å². The van der Waals surface area contributed by atoms with Crippen molar-refractivity contribution in [1.82, 2.24) is 4.90 Å². The van der Waals surface area contributed by atoms with E-state index in [9.17, 15) is 9.90 Å². The molecule has 4 nitrogen and oxygen atoms in total. The van der Waals surface area contributed by atoms with Gasteiger partial charge >= 0.3 is 0 Å². The second-order valence-electron chi connectivity index (χ2n) is 5.08. The minimum absolute atomic E-state index is 0.0489. The molecule has 1 heterocycles. The second kappa shape index (κ2) is 7.25. The first kappa shape index (κ1) is 16.3. The lowest BCUT2D eigenvalue weighted by Crippen LogP contribution is -2.29. The summed E-state index contributed by atoms with van der Waals surface area (Å²) in [5.74, 6) is 0.0489. The van der Waals surface area contributed by atoms with Crippen molar-refractivity contribution in [3.8, 4) is 0 Å². The molecule has 1 saturated heterocycles. The average molecular weight is 329 g/mol. The Bertz CT molecular complexity index is 561. The summed E-state index contributed by atoms with van der Waals surface area (Å²) in [6, 6.07) is 5.33. The minimum Gasteiger partial charge on any atom is -0.391 e. The number of rotatable bonds is 4. The predicted molar refractivity (Wildman–Crippen MR) is 85.4 cm³/mol. The Kier molecular flexibility index (Phi) is 5.62. The molecule has 2 rings (SSSR count). The van der Waals surface area contributed by atoms with Crippen molar-refractivity contribution in [2.24, 2.45) is 4.99 Å². The second-order valence-corrected chi connectivity index (χ2v) is 5.90. The van der Waals surface area contributed by atoms with Crippen molar-refractivity contribution in [3.63, 3.8) is 0 Å². The maximum atomic E-state index is 12.1. The van der Waals surface area contributed by atoms with Crippen molar-refractivity contribution in [2.45, 2.75) is 25.4 Å². The molecule has 0 aromatic heterocycles. The zero-order valence-electron chi connectivity index (χ0n) is 11.9. The fourth-order valence-electron chi connectivity index (χ4n) is 2.41. The minimum atomic E-state index is -0.386. The van der Waals surface area contributed by atoms with Gasteiger partial charge in [-0.25, -0.2) is 0 Å². The zero-order valence-corrected chi connectivity index (χ0v) is 13.4. The van der Waals surface area contributed by atoms with Crippen LogP contribution in [0, 0.1) is 0 Å². The Balaban J connectivity index is 1.97. The predicted octanol–water partition coefficient (Wildman–Crippen LogP) is 2.79. The third-order valence-electron chi connectivity index (χ3n) is 3.61. The van der Waals surface area contributed by atoms with E-state index in [0.29, 0.717) is 42.4 Å². The van der Waals surface area contributed by atoms with Crippen molar-refractivity contribution in [3.05, 3.63) is 33.8 Å². The number of β-amino-alcohol motifs (C(OH)–C–C–N with tert-alkyl or cyclic N) is 1. The van der Waals surface area contributed by atoms with Crippen molar-refractivity contribution >= 4 is 34.8 Å². The molecule has 1 aliphatic heterocycles. The first-order valence-corrected chi connectivity index (χ1v) is 7.63. The summed E-state index contributed by atoms with van der Waals surface area (Å²) in [6.07, 6.45) is 1.19. The Morgan fingerprint density at radius 2 is 2.14 bits per heavy atom. The molecule has 0 spiro atoms. The third-order valence-corrected chi connectivity index (χ3v) is 4.35. The van der Waals surface area contributed by atoms with Crippen LogP contribution in [0.2, 0.25) is 10.0 Å². The van der Waals surface area contributed by atoms with Gasteiger partial charge in [0.15, 0.2) is 0 Å². The Labute approximate surface area is 134 Å². The highest BCUT2D eigenvalue weighted by atomic mass is 35.5. The molecule has 1 atom stereocenters. The fraction of sp³-hybridized carbons (Fsp3) is 0.467. The van der Waals surface area contributed by atoms with Gasteiger partial charge in [0.05, 0.1) is 16.1 Å². The number of nitrogens with zero attached hydrogens (tertiary/aromatic N) is 2. The maximum Gasteiger partial charge on any atom is 0.223 e. The molecule has 21 heavy (non-hydrogen) atoms. The number of amides is 1. The maximum absolute atomic E-state index is 12.1. The quantitative estimate of drug-likeness (QED) is 0.864. The lowest BCUT2D eigenvalue weighted by molar-refractivity contribution is -0.130. The van der Waals surface area contributed by atoms with Crippen molar-refractivity contribution in [2.75, 3.05) is 20.1 Å². The van der Waals surface area contributed by atoms with Gasteiger partial charge < -0.3 is 10.0 Å². The van der Waals surface area contributed by atoms with Crippen LogP contribution in [0.5, 0.6) is 0 Å². The van der Waals surface area contributed by atoms with E-state index < -0.39 is 0 Å². The molecule has 6 heteroatoms. The smallest absolute Gasteiger partial charge is 0.223 e. The molecule has 0 radical (unpaired) electrons. The van der Waals surface area contributed by atoms with E-state index in [4.69, 9.17) is 23.2 Å². The van der Waals surface area contributed by atoms with Crippen LogP contribution in [0.15, 0.2) is 23.2 Å². The molecule has 0 bridgehead atoms. The SMILES string of the molecule is CN=C(CCC(=O)N1CCC(O)C1)c1ccc(Cl)c(Cl)c1. The van der Waals surface area contributed by atoms with Crippen LogP contribution in [0.3, 0.4) is 0 Å². The van der Waals surface area contributed by atoms with Crippen LogP contribution in [-0.4, -0.2) is 47.9 Å². The summed E-state index contributed by atoms with van der Waals surface area (Å²) in [5, 5.41) is 10.4. The number of carbonyl (C=O) groups is 1. The van der Waals surface area contributed by atoms with Gasteiger partial charge in [-0.2, -0.15) is 0 Å². The molecule has 114 valence electrons. The number of aliphatic hydroxyl groups excluding tert-OH is 1. The van der Waals surface area contributed by atoms with Gasteiger partial charge in [0.1, 0.15) is 0 Å². The standard InChI is InChI=1S/C15H18Cl2N2O2/c1-18-14(10-2-3-12(16)13(17)8-10)4-5-15(21)19-7-6-11(20)9-19/h2-3,8,11,20H,4-7,9H2,1H3. The van der Waals surface area contributed by atoms with E-state index in [0.717, 1.165) is 11.3 Å². The Morgan fingerprint density at radius 3 is 2.71 bits per heavy atom. The summed E-state index contributed by atoms with van der Waals surface area (Å²) < 4.78 is 0. The lowest BCUT2D eigenvalue weighted by atomic mass is 10.1. The van der Waals surface area contributed by atoms with Crippen LogP contribution >= 0.6 is 23.2 Å². The van der Waals surface area contributed by atoms with Crippen LogP contribution in [-0.2, 0) is 4.79 Å². The normalized spacial score (nSPS) is 19.1. The molecule has 0 saturated carbocycles. The van der Waals surface area contributed by atoms with E-state index in [1.165, 1.54) is 0 Å². The topological polar surface area (TPSA) is 52.9 Å². The number of hydrogen-bond donors (Lipinski definition) is 1. The lowest BCUT2D eigenvalue weighted by Gasteiger charge is -2.16. The fourth-order valence-corrected chi connectivity index (χ4v) is 2.71. The number of aliphatic hydroxyl groups is 1.